The Morgan fingerprint density at radius 2 is 0.643 bits per heavy atom. The molecule has 0 bridgehead atoms. The molecule has 0 saturated heterocycles. The standard InChI is InChI=1S/C56H64/c1-52(2,3)46-26-18-42(19-27-46)50(43-20-28-47(29-21-43)53(4,5)6)38-56(36-34-41(35-37-56)40-16-14-13-15-17-40)39-51(44-22-30-48(31-23-44)54(7,8)9)45-24-32-49(33-25-45)55(10,11)12/h13-39,41H,1-12H3. The van der Waals surface area contributed by atoms with E-state index in [0.717, 1.165) is 0 Å². The second-order valence-corrected chi connectivity index (χ2v) is 20.1. The van der Waals surface area contributed by atoms with Crippen LogP contribution in [0, 0.1) is 5.41 Å². The molecule has 56 heavy (non-hydrogen) atoms. The lowest BCUT2D eigenvalue weighted by Gasteiger charge is -2.29. The first kappa shape index (κ1) is 40.7. The van der Waals surface area contributed by atoms with Crippen LogP contribution in [0.5, 0.6) is 0 Å². The molecule has 0 spiro atoms. The molecule has 0 nitrogen and oxygen atoms in total. The molecule has 5 aromatic rings. The number of benzene rings is 5. The molecule has 0 radical (unpaired) electrons. The summed E-state index contributed by atoms with van der Waals surface area (Å²) in [4.78, 5) is 0. The minimum atomic E-state index is -0.521. The third kappa shape index (κ3) is 9.53. The van der Waals surface area contributed by atoms with Crippen molar-refractivity contribution in [3.8, 4) is 0 Å². The number of rotatable bonds is 7. The van der Waals surface area contributed by atoms with Crippen molar-refractivity contribution in [2.75, 3.05) is 0 Å². The van der Waals surface area contributed by atoms with Crippen molar-refractivity contribution in [3.05, 3.63) is 214 Å². The van der Waals surface area contributed by atoms with E-state index in [0.29, 0.717) is 0 Å². The molecule has 0 aliphatic heterocycles. The summed E-state index contributed by atoms with van der Waals surface area (Å²) in [5, 5.41) is 0. The van der Waals surface area contributed by atoms with Gasteiger partial charge in [0.2, 0.25) is 0 Å². The molecule has 0 fully saturated rings. The Balaban J connectivity index is 1.62. The monoisotopic (exact) mass is 737 g/mol. The van der Waals surface area contributed by atoms with Gasteiger partial charge >= 0.3 is 0 Å². The Hall–Kier alpha value is -4.94. The van der Waals surface area contributed by atoms with Gasteiger partial charge in [0.15, 0.2) is 0 Å². The van der Waals surface area contributed by atoms with Crippen LogP contribution in [0.15, 0.2) is 164 Å². The molecular formula is C56H64. The Kier molecular flexibility index (Phi) is 11.3. The van der Waals surface area contributed by atoms with Gasteiger partial charge in [-0.05, 0) is 82.9 Å². The summed E-state index contributed by atoms with van der Waals surface area (Å²) in [6.07, 6.45) is 14.7. The molecular weight excluding hydrogens is 673 g/mol. The molecule has 1 aliphatic rings. The zero-order valence-electron chi connectivity index (χ0n) is 36.2. The molecule has 0 unspecified atom stereocenters. The topological polar surface area (TPSA) is 0 Å². The zero-order valence-corrected chi connectivity index (χ0v) is 36.2. The summed E-state index contributed by atoms with van der Waals surface area (Å²) in [5.41, 5.74) is 13.7. The van der Waals surface area contributed by atoms with Gasteiger partial charge in [0.05, 0.1) is 0 Å². The predicted octanol–water partition coefficient (Wildman–Crippen LogP) is 15.3. The van der Waals surface area contributed by atoms with E-state index in [9.17, 15) is 0 Å². The van der Waals surface area contributed by atoms with Gasteiger partial charge < -0.3 is 0 Å². The van der Waals surface area contributed by atoms with Crippen LogP contribution in [0.2, 0.25) is 0 Å². The highest BCUT2D eigenvalue weighted by molar-refractivity contribution is 5.85. The van der Waals surface area contributed by atoms with Crippen molar-refractivity contribution in [1.29, 1.82) is 0 Å². The maximum absolute atomic E-state index is 2.51. The van der Waals surface area contributed by atoms with E-state index in [2.05, 4.69) is 247 Å². The first-order chi connectivity index (χ1) is 26.2. The smallest absolute Gasteiger partial charge is 0.0442 e. The zero-order chi connectivity index (χ0) is 40.5. The van der Waals surface area contributed by atoms with Gasteiger partial charge in [-0.25, -0.2) is 0 Å². The summed E-state index contributed by atoms with van der Waals surface area (Å²) < 4.78 is 0. The molecule has 0 heterocycles. The van der Waals surface area contributed by atoms with Crippen LogP contribution in [-0.4, -0.2) is 0 Å². The van der Waals surface area contributed by atoms with Gasteiger partial charge in [-0.3, -0.25) is 0 Å². The van der Waals surface area contributed by atoms with Crippen molar-refractivity contribution >= 4 is 11.1 Å². The molecule has 0 saturated carbocycles. The van der Waals surface area contributed by atoms with Crippen molar-refractivity contribution in [2.24, 2.45) is 5.41 Å². The second kappa shape index (κ2) is 15.5. The summed E-state index contributed by atoms with van der Waals surface area (Å²) in [7, 11) is 0. The highest BCUT2D eigenvalue weighted by atomic mass is 14.3. The van der Waals surface area contributed by atoms with Crippen LogP contribution >= 0.6 is 0 Å². The summed E-state index contributed by atoms with van der Waals surface area (Å²) in [5.74, 6) is 0.201. The summed E-state index contributed by atoms with van der Waals surface area (Å²) >= 11 is 0. The third-order valence-corrected chi connectivity index (χ3v) is 11.4. The van der Waals surface area contributed by atoms with E-state index >= 15 is 0 Å². The van der Waals surface area contributed by atoms with Gasteiger partial charge in [0.1, 0.15) is 0 Å². The highest BCUT2D eigenvalue weighted by Crippen LogP contribution is 2.42. The average molecular weight is 737 g/mol. The van der Waals surface area contributed by atoms with Crippen LogP contribution in [0.3, 0.4) is 0 Å². The van der Waals surface area contributed by atoms with Crippen molar-refractivity contribution in [1.82, 2.24) is 0 Å². The number of allylic oxidation sites excluding steroid dienone is 6. The molecule has 1 aliphatic carbocycles. The summed E-state index contributed by atoms with van der Waals surface area (Å²) in [6, 6.07) is 47.9. The SMILES string of the molecule is CC(C)(C)c1ccc(C(=CC2(C=C(c3ccc(C(C)(C)C)cc3)c3ccc(C(C)(C)C)cc3)C=CC(c3ccccc3)C=C2)c2ccc(C(C)(C)C)cc2)cc1. The molecule has 6 rings (SSSR count). The third-order valence-electron chi connectivity index (χ3n) is 11.4. The van der Waals surface area contributed by atoms with Crippen LogP contribution in [0.1, 0.15) is 139 Å². The predicted molar refractivity (Wildman–Crippen MR) is 245 cm³/mol. The van der Waals surface area contributed by atoms with E-state index in [4.69, 9.17) is 0 Å². The lowest BCUT2D eigenvalue weighted by molar-refractivity contribution is 0.590. The second-order valence-electron chi connectivity index (χ2n) is 20.1. The van der Waals surface area contributed by atoms with Crippen LogP contribution in [0.4, 0.5) is 0 Å². The van der Waals surface area contributed by atoms with E-state index in [1.54, 1.807) is 0 Å². The minimum absolute atomic E-state index is 0.0714. The van der Waals surface area contributed by atoms with Crippen molar-refractivity contribution < 1.29 is 0 Å². The first-order valence-electron chi connectivity index (χ1n) is 20.6. The lowest BCUT2D eigenvalue weighted by Crippen LogP contribution is -2.16. The van der Waals surface area contributed by atoms with Crippen molar-refractivity contribution in [3.63, 3.8) is 0 Å². The highest BCUT2D eigenvalue weighted by Gasteiger charge is 2.28. The maximum Gasteiger partial charge on any atom is 0.0442 e. The molecule has 5 aromatic carbocycles. The normalized spacial score (nSPS) is 14.7. The lowest BCUT2D eigenvalue weighted by atomic mass is 9.74. The van der Waals surface area contributed by atoms with Crippen molar-refractivity contribution in [2.45, 2.75) is 111 Å². The van der Waals surface area contributed by atoms with Gasteiger partial charge in [0, 0.05) is 11.3 Å². The molecule has 0 aromatic heterocycles. The van der Waals surface area contributed by atoms with E-state index in [-0.39, 0.29) is 27.6 Å². The van der Waals surface area contributed by atoms with E-state index in [1.165, 1.54) is 61.2 Å². The van der Waals surface area contributed by atoms with Gasteiger partial charge in [0.25, 0.3) is 0 Å². The number of hydrogen-bond acceptors (Lipinski definition) is 0. The fourth-order valence-electron chi connectivity index (χ4n) is 7.56. The Morgan fingerprint density at radius 3 is 0.893 bits per heavy atom. The molecule has 0 atom stereocenters. The average Bonchev–Trinajstić information content (AvgIpc) is 3.16. The van der Waals surface area contributed by atoms with Crippen LogP contribution in [0.25, 0.3) is 11.1 Å². The Morgan fingerprint density at radius 1 is 0.375 bits per heavy atom. The largest absolute Gasteiger partial charge is 0.0758 e. The van der Waals surface area contributed by atoms with Gasteiger partial charge in [-0.2, -0.15) is 0 Å². The van der Waals surface area contributed by atoms with E-state index in [1.807, 2.05) is 0 Å². The summed E-state index contributed by atoms with van der Waals surface area (Å²) in [6.45, 7) is 27.4. The minimum Gasteiger partial charge on any atom is -0.0758 e. The van der Waals surface area contributed by atoms with E-state index < -0.39 is 5.41 Å². The molecule has 0 heteroatoms. The van der Waals surface area contributed by atoms with Gasteiger partial charge in [-0.15, -0.1) is 0 Å². The maximum atomic E-state index is 2.51. The number of hydrogen-bond donors (Lipinski definition) is 0. The Bertz CT molecular complexity index is 1940. The quantitative estimate of drug-likeness (QED) is 0.146. The first-order valence-corrected chi connectivity index (χ1v) is 20.6. The van der Waals surface area contributed by atoms with Gasteiger partial charge in [-0.1, -0.05) is 247 Å². The fourth-order valence-corrected chi connectivity index (χ4v) is 7.56. The Labute approximate surface area is 339 Å². The molecule has 0 amide bonds. The fraction of sp³-hybridized carbons (Fsp3) is 0.321. The van der Waals surface area contributed by atoms with Crippen LogP contribution in [-0.2, 0) is 21.7 Å². The van der Waals surface area contributed by atoms with Crippen LogP contribution < -0.4 is 0 Å². The molecule has 288 valence electrons. The molecule has 0 N–H and O–H groups in total.